The molecule has 0 bridgehead atoms. The molecule has 6 rings (SSSR count). The molecule has 1 saturated heterocycles. The number of nitrogens with one attached hydrogen (secondary N) is 1. The summed E-state index contributed by atoms with van der Waals surface area (Å²) in [6.45, 7) is 11.9. The quantitative estimate of drug-likeness (QED) is 0.189. The first-order chi connectivity index (χ1) is 25.2. The van der Waals surface area contributed by atoms with Gasteiger partial charge in [-0.1, -0.05) is 163 Å². The Kier molecular flexibility index (Phi) is 11.1. The lowest BCUT2D eigenvalue weighted by atomic mass is 10.1. The lowest BCUT2D eigenvalue weighted by Crippen LogP contribution is -2.69. The van der Waals surface area contributed by atoms with Crippen LogP contribution in [-0.2, 0) is 20.3 Å². The maximum absolute atomic E-state index is 14.0. The van der Waals surface area contributed by atoms with Crippen LogP contribution < -0.4 is 32.0 Å². The van der Waals surface area contributed by atoms with Gasteiger partial charge in [-0.25, -0.2) is 9.18 Å². The number of aliphatic hydroxyl groups excluding tert-OH is 1. The number of hydrogen-bond acceptors (Lipinski definition) is 6. The van der Waals surface area contributed by atoms with Crippen LogP contribution in [0.15, 0.2) is 137 Å². The molecule has 0 amide bonds. The predicted octanol–water partition coefficient (Wildman–Crippen LogP) is 4.79. The van der Waals surface area contributed by atoms with Crippen LogP contribution in [0.4, 0.5) is 4.39 Å². The van der Waals surface area contributed by atoms with E-state index in [0.717, 1.165) is 31.5 Å². The van der Waals surface area contributed by atoms with Crippen LogP contribution in [0.25, 0.3) is 0 Å². The molecule has 1 aromatic heterocycles. The molecule has 278 valence electrons. The molecule has 5 aromatic rings. The second kappa shape index (κ2) is 15.2. The monoisotopic (exact) mass is 752 g/mol. The molecule has 4 atom stereocenters. The average molecular weight is 753 g/mol. The van der Waals surface area contributed by atoms with E-state index in [4.69, 9.17) is 13.6 Å². The summed E-state index contributed by atoms with van der Waals surface area (Å²) in [6, 6.07) is 40.6. The van der Waals surface area contributed by atoms with Gasteiger partial charge >= 0.3 is 5.69 Å². The van der Waals surface area contributed by atoms with E-state index < -0.39 is 64.1 Å². The van der Waals surface area contributed by atoms with E-state index >= 15 is 0 Å². The summed E-state index contributed by atoms with van der Waals surface area (Å²) >= 11 is 0. The summed E-state index contributed by atoms with van der Waals surface area (Å²) in [5.41, 5.74) is -1.90. The molecule has 2 heterocycles. The van der Waals surface area contributed by atoms with E-state index in [1.165, 1.54) is 0 Å². The summed E-state index contributed by atoms with van der Waals surface area (Å²) in [6.07, 6.45) is -3.47. The van der Waals surface area contributed by atoms with Crippen LogP contribution in [0.5, 0.6) is 0 Å². The molecule has 0 radical (unpaired) electrons. The molecule has 11 heteroatoms. The lowest BCUT2D eigenvalue weighted by molar-refractivity contribution is -0.0525. The second-order valence-electron chi connectivity index (χ2n) is 15.7. The molecule has 2 N–H and O–H groups in total. The number of aromatic amines is 1. The van der Waals surface area contributed by atoms with Crippen molar-refractivity contribution < 1.29 is 23.1 Å². The minimum atomic E-state index is -3.30. The third-order valence-corrected chi connectivity index (χ3v) is 20.4. The number of benzene rings is 4. The van der Waals surface area contributed by atoms with Crippen LogP contribution in [0.1, 0.15) is 53.3 Å². The highest BCUT2D eigenvalue weighted by Gasteiger charge is 2.58. The molecule has 0 aliphatic carbocycles. The summed E-state index contributed by atoms with van der Waals surface area (Å²) < 4.78 is 36.6. The third kappa shape index (κ3) is 7.09. The van der Waals surface area contributed by atoms with E-state index in [9.17, 15) is 19.1 Å². The zero-order valence-corrected chi connectivity index (χ0v) is 33.2. The van der Waals surface area contributed by atoms with Crippen molar-refractivity contribution in [2.75, 3.05) is 6.61 Å². The normalized spacial score (nSPS) is 19.7. The molecule has 0 unspecified atom stereocenters. The van der Waals surface area contributed by atoms with E-state index in [1.807, 2.05) is 72.8 Å². The number of ether oxygens (including phenoxy) is 1. The van der Waals surface area contributed by atoms with Crippen molar-refractivity contribution >= 4 is 37.4 Å². The predicted molar refractivity (Wildman–Crippen MR) is 212 cm³/mol. The van der Waals surface area contributed by atoms with Gasteiger partial charge in [-0.2, -0.15) is 0 Å². The first kappa shape index (κ1) is 38.5. The number of nitrogens with zero attached hydrogens (tertiary/aromatic N) is 1. The molecule has 1 fully saturated rings. The lowest BCUT2D eigenvalue weighted by Gasteiger charge is -2.46. The molecular weight excluding hydrogens is 704 g/mol. The molecule has 1 aliphatic heterocycles. The van der Waals surface area contributed by atoms with E-state index in [1.54, 1.807) is 0 Å². The van der Waals surface area contributed by atoms with Crippen LogP contribution in [0.3, 0.4) is 0 Å². The van der Waals surface area contributed by atoms with E-state index in [0.29, 0.717) is 0 Å². The number of hydrogen-bond donors (Lipinski definition) is 2. The van der Waals surface area contributed by atoms with Crippen molar-refractivity contribution in [2.24, 2.45) is 0 Å². The van der Waals surface area contributed by atoms with Crippen molar-refractivity contribution in [2.45, 2.75) is 82.8 Å². The van der Waals surface area contributed by atoms with Crippen molar-refractivity contribution in [3.8, 4) is 0 Å². The summed E-state index contributed by atoms with van der Waals surface area (Å²) in [4.78, 5) is 27.9. The molecule has 53 heavy (non-hydrogen) atoms. The van der Waals surface area contributed by atoms with Gasteiger partial charge in [0.1, 0.15) is 25.0 Å². The topological polar surface area (TPSA) is 103 Å². The zero-order valence-electron chi connectivity index (χ0n) is 31.2. The van der Waals surface area contributed by atoms with Crippen molar-refractivity contribution in [1.29, 1.82) is 0 Å². The van der Waals surface area contributed by atoms with Crippen LogP contribution in [-0.4, -0.2) is 56.2 Å². The van der Waals surface area contributed by atoms with Gasteiger partial charge in [0.15, 0.2) is 6.23 Å². The minimum Gasteiger partial charge on any atom is -0.405 e. The SMILES string of the molecule is CC(C)(C)[Si](OC[C@H]1O[C@@H](n2cc(CF)c(=O)[nH]c2=O)[C@@H](O)[C@@H]1O[Si](c1ccccc1)(c1ccccc1)C(C)(C)C)(c1ccccc1)c1ccccc1. The standard InChI is InChI=1S/C42H49FN2O6Si2/c1-41(2,3)52(31-19-11-7-12-20-31,32-21-13-8-14-22-32)49-29-35-37(36(46)39(50-35)45-28-30(27-43)38(47)44-40(45)48)51-53(42(4,5)6,33-23-15-9-16-24-33)34-25-17-10-18-26-34/h7-26,28,35-37,39,46H,27,29H2,1-6H3,(H,44,47,48)/t35-,36+,37-,39-/m1/s1. The number of H-pyrrole nitrogens is 1. The Bertz CT molecular complexity index is 2000. The van der Waals surface area contributed by atoms with Gasteiger partial charge in [-0.15, -0.1) is 0 Å². The van der Waals surface area contributed by atoms with Crippen molar-refractivity contribution in [3.63, 3.8) is 0 Å². The first-order valence-electron chi connectivity index (χ1n) is 18.0. The fourth-order valence-electron chi connectivity index (χ4n) is 7.90. The fraction of sp³-hybridized carbons (Fsp3) is 0.333. The highest BCUT2D eigenvalue weighted by molar-refractivity contribution is 7.00. The number of alkyl halides is 1. The van der Waals surface area contributed by atoms with Gasteiger partial charge in [-0.3, -0.25) is 14.3 Å². The van der Waals surface area contributed by atoms with Gasteiger partial charge in [-0.05, 0) is 30.8 Å². The number of aromatic nitrogens is 2. The molecule has 8 nitrogen and oxygen atoms in total. The Balaban J connectivity index is 1.53. The van der Waals surface area contributed by atoms with E-state index in [2.05, 4.69) is 95.1 Å². The maximum Gasteiger partial charge on any atom is 0.330 e. The Labute approximate surface area is 312 Å². The summed E-state index contributed by atoms with van der Waals surface area (Å²) in [5.74, 6) is 0. The number of rotatable bonds is 11. The minimum absolute atomic E-state index is 0.0117. The van der Waals surface area contributed by atoms with Crippen molar-refractivity contribution in [1.82, 2.24) is 9.55 Å². The Morgan fingerprint density at radius 2 is 1.13 bits per heavy atom. The van der Waals surface area contributed by atoms with Crippen molar-refractivity contribution in [3.05, 3.63) is 154 Å². The second-order valence-corrected chi connectivity index (χ2v) is 24.3. The molecule has 1 aliphatic rings. The average Bonchev–Trinajstić information content (AvgIpc) is 3.45. The van der Waals surface area contributed by atoms with Gasteiger partial charge in [0.25, 0.3) is 22.2 Å². The van der Waals surface area contributed by atoms with Gasteiger partial charge in [0.2, 0.25) is 0 Å². The smallest absolute Gasteiger partial charge is 0.330 e. The molecule has 0 spiro atoms. The van der Waals surface area contributed by atoms with Crippen LogP contribution in [0.2, 0.25) is 10.1 Å². The molecular formula is C42H49FN2O6Si2. The molecule has 0 saturated carbocycles. The largest absolute Gasteiger partial charge is 0.405 e. The van der Waals surface area contributed by atoms with Crippen LogP contribution in [0, 0.1) is 0 Å². The summed E-state index contributed by atoms with van der Waals surface area (Å²) in [7, 11) is -6.40. The Hall–Kier alpha value is -4.24. The Morgan fingerprint density at radius 1 is 0.717 bits per heavy atom. The highest BCUT2D eigenvalue weighted by atomic mass is 28.4. The van der Waals surface area contributed by atoms with Crippen LogP contribution >= 0.6 is 0 Å². The fourth-order valence-corrected chi connectivity index (χ4v) is 17.2. The summed E-state index contributed by atoms with van der Waals surface area (Å²) in [5, 5.41) is 15.7. The third-order valence-electron chi connectivity index (χ3n) is 10.4. The number of aliphatic hydroxyl groups is 1. The number of halogens is 1. The zero-order chi connectivity index (χ0) is 38.0. The van der Waals surface area contributed by atoms with E-state index in [-0.39, 0.29) is 17.2 Å². The van der Waals surface area contributed by atoms with Gasteiger partial charge in [0.05, 0.1) is 12.2 Å². The molecule has 4 aromatic carbocycles. The maximum atomic E-state index is 14.0. The van der Waals surface area contributed by atoms with Gasteiger partial charge < -0.3 is 18.7 Å². The Morgan fingerprint density at radius 3 is 1.53 bits per heavy atom. The first-order valence-corrected chi connectivity index (χ1v) is 21.8. The highest BCUT2D eigenvalue weighted by Crippen LogP contribution is 2.43. The van der Waals surface area contributed by atoms with Gasteiger partial charge in [0, 0.05) is 6.20 Å².